The van der Waals surface area contributed by atoms with Gasteiger partial charge in [0.1, 0.15) is 11.2 Å². The molecule has 0 aliphatic carbocycles. The molecule has 3 heteroatoms. The van der Waals surface area contributed by atoms with E-state index in [2.05, 4.69) is 161 Å². The van der Waals surface area contributed by atoms with E-state index in [1.165, 1.54) is 43.6 Å². The van der Waals surface area contributed by atoms with Crippen molar-refractivity contribution in [1.29, 1.82) is 0 Å². The SMILES string of the molecule is c1ccc(-n2c3ccccc3c3cc4c(cc32)c2ccccc2n4-c2ccccc2-c2cccc3c2oc2ccccc23)cc1. The van der Waals surface area contributed by atoms with Gasteiger partial charge in [0.15, 0.2) is 0 Å². The van der Waals surface area contributed by atoms with Crippen LogP contribution in [0.15, 0.2) is 162 Å². The number of hydrogen-bond acceptors (Lipinski definition) is 1. The fourth-order valence-corrected chi connectivity index (χ4v) is 7.40. The highest BCUT2D eigenvalue weighted by molar-refractivity contribution is 6.19. The van der Waals surface area contributed by atoms with E-state index < -0.39 is 0 Å². The summed E-state index contributed by atoms with van der Waals surface area (Å²) in [5.41, 5.74) is 11.1. The summed E-state index contributed by atoms with van der Waals surface area (Å²) in [6.45, 7) is 0. The number of hydrogen-bond donors (Lipinski definition) is 0. The first kappa shape index (κ1) is 24.4. The smallest absolute Gasteiger partial charge is 0.143 e. The number of aromatic nitrogens is 2. The summed E-state index contributed by atoms with van der Waals surface area (Å²) < 4.78 is 11.4. The van der Waals surface area contributed by atoms with Gasteiger partial charge in [-0.25, -0.2) is 0 Å². The molecule has 3 aromatic heterocycles. The Kier molecular flexibility index (Phi) is 5.00. The van der Waals surface area contributed by atoms with E-state index in [9.17, 15) is 0 Å². The van der Waals surface area contributed by atoms with Crippen LogP contribution in [0.1, 0.15) is 0 Å². The maximum atomic E-state index is 6.52. The minimum Gasteiger partial charge on any atom is -0.455 e. The highest BCUT2D eigenvalue weighted by atomic mass is 16.3. The molecule has 0 aliphatic heterocycles. The average molecular weight is 575 g/mol. The van der Waals surface area contributed by atoms with Crippen LogP contribution in [0.2, 0.25) is 0 Å². The normalized spacial score (nSPS) is 12.0. The van der Waals surface area contributed by atoms with Gasteiger partial charge in [0.2, 0.25) is 0 Å². The second-order valence-electron chi connectivity index (χ2n) is 11.7. The predicted molar refractivity (Wildman–Crippen MR) is 188 cm³/mol. The van der Waals surface area contributed by atoms with E-state index in [0.717, 1.165) is 44.4 Å². The molecule has 10 rings (SSSR count). The Morgan fingerprint density at radius 2 is 0.911 bits per heavy atom. The predicted octanol–water partition coefficient (Wildman–Crippen LogP) is 11.4. The molecular formula is C42H26N2O. The van der Waals surface area contributed by atoms with Gasteiger partial charge >= 0.3 is 0 Å². The summed E-state index contributed by atoms with van der Waals surface area (Å²) in [7, 11) is 0. The molecule has 0 spiro atoms. The Bertz CT molecular complexity index is 2760. The van der Waals surface area contributed by atoms with Gasteiger partial charge < -0.3 is 13.6 Å². The molecule has 10 aromatic rings. The quantitative estimate of drug-likeness (QED) is 0.206. The Morgan fingerprint density at radius 3 is 1.69 bits per heavy atom. The number of para-hydroxylation sites is 6. The molecular weight excluding hydrogens is 548 g/mol. The molecule has 0 aliphatic rings. The molecule has 3 nitrogen and oxygen atoms in total. The number of fused-ring (bicyclic) bond motifs is 9. The summed E-state index contributed by atoms with van der Waals surface area (Å²) in [5.74, 6) is 0. The van der Waals surface area contributed by atoms with Crippen LogP contribution >= 0.6 is 0 Å². The zero-order valence-electron chi connectivity index (χ0n) is 24.3. The fourth-order valence-electron chi connectivity index (χ4n) is 7.40. The lowest BCUT2D eigenvalue weighted by Gasteiger charge is -2.14. The third kappa shape index (κ3) is 3.41. The minimum absolute atomic E-state index is 0.909. The summed E-state index contributed by atoms with van der Waals surface area (Å²) >= 11 is 0. The van der Waals surface area contributed by atoms with E-state index in [1.807, 2.05) is 6.07 Å². The summed E-state index contributed by atoms with van der Waals surface area (Å²) in [6, 6.07) is 56.5. The molecule has 45 heavy (non-hydrogen) atoms. The molecule has 0 saturated heterocycles. The lowest BCUT2D eigenvalue weighted by atomic mass is 10.0. The van der Waals surface area contributed by atoms with Crippen molar-refractivity contribution in [3.05, 3.63) is 158 Å². The van der Waals surface area contributed by atoms with Crippen LogP contribution in [0.25, 0.3) is 88.1 Å². The van der Waals surface area contributed by atoms with Crippen molar-refractivity contribution in [2.45, 2.75) is 0 Å². The van der Waals surface area contributed by atoms with Crippen molar-refractivity contribution in [3.63, 3.8) is 0 Å². The van der Waals surface area contributed by atoms with Crippen molar-refractivity contribution < 1.29 is 4.42 Å². The monoisotopic (exact) mass is 574 g/mol. The summed E-state index contributed by atoms with van der Waals surface area (Å²) in [4.78, 5) is 0. The minimum atomic E-state index is 0.909. The third-order valence-corrected chi connectivity index (χ3v) is 9.32. The van der Waals surface area contributed by atoms with Crippen molar-refractivity contribution >= 4 is 65.6 Å². The van der Waals surface area contributed by atoms with Crippen molar-refractivity contribution in [2.75, 3.05) is 0 Å². The van der Waals surface area contributed by atoms with Gasteiger partial charge in [0.05, 0.1) is 27.8 Å². The zero-order chi connectivity index (χ0) is 29.5. The van der Waals surface area contributed by atoms with Crippen molar-refractivity contribution in [3.8, 4) is 22.5 Å². The lowest BCUT2D eigenvalue weighted by molar-refractivity contribution is 0.670. The summed E-state index contributed by atoms with van der Waals surface area (Å²) in [5, 5.41) is 7.22. The highest BCUT2D eigenvalue weighted by Crippen LogP contribution is 2.43. The maximum Gasteiger partial charge on any atom is 0.143 e. The Morgan fingerprint density at radius 1 is 0.356 bits per heavy atom. The molecule has 0 radical (unpaired) electrons. The van der Waals surface area contributed by atoms with Crippen LogP contribution in [-0.4, -0.2) is 9.13 Å². The standard InChI is InChI=1S/C42H26N2O/c1-2-13-27(14-3-1)43-36-21-8-5-16-29(36)34-26-40-35(25-39(34)43)30-17-6-10-23-38(30)44(40)37-22-9-4-15-28(37)32-19-12-20-33-31-18-7-11-24-41(31)45-42(32)33/h1-26H. The molecule has 0 fully saturated rings. The third-order valence-electron chi connectivity index (χ3n) is 9.32. The van der Waals surface area contributed by atoms with Gasteiger partial charge in [-0.1, -0.05) is 109 Å². The Balaban J connectivity index is 1.32. The average Bonchev–Trinajstić information content (AvgIpc) is 3.75. The topological polar surface area (TPSA) is 23.0 Å². The lowest BCUT2D eigenvalue weighted by Crippen LogP contribution is -1.97. The highest BCUT2D eigenvalue weighted by Gasteiger charge is 2.21. The van der Waals surface area contributed by atoms with Gasteiger partial charge in [-0.3, -0.25) is 0 Å². The Hall–Kier alpha value is -6.06. The van der Waals surface area contributed by atoms with Crippen LogP contribution < -0.4 is 0 Å². The molecule has 0 unspecified atom stereocenters. The van der Waals surface area contributed by atoms with Gasteiger partial charge in [0.25, 0.3) is 0 Å². The molecule has 0 N–H and O–H groups in total. The van der Waals surface area contributed by atoms with Crippen LogP contribution in [0.3, 0.4) is 0 Å². The van der Waals surface area contributed by atoms with Gasteiger partial charge in [-0.2, -0.15) is 0 Å². The first-order valence-electron chi connectivity index (χ1n) is 15.4. The fraction of sp³-hybridized carbons (Fsp3) is 0. The molecule has 0 saturated carbocycles. The van der Waals surface area contributed by atoms with Crippen molar-refractivity contribution in [2.24, 2.45) is 0 Å². The molecule has 3 heterocycles. The molecule has 210 valence electrons. The number of furan rings is 1. The molecule has 0 atom stereocenters. The molecule has 0 amide bonds. The zero-order valence-corrected chi connectivity index (χ0v) is 24.3. The second kappa shape index (κ2) is 9.22. The van der Waals surface area contributed by atoms with E-state index in [-0.39, 0.29) is 0 Å². The van der Waals surface area contributed by atoms with E-state index in [4.69, 9.17) is 4.42 Å². The van der Waals surface area contributed by atoms with Crippen LogP contribution in [0, 0.1) is 0 Å². The van der Waals surface area contributed by atoms with E-state index in [0.29, 0.717) is 0 Å². The maximum absolute atomic E-state index is 6.52. The summed E-state index contributed by atoms with van der Waals surface area (Å²) in [6.07, 6.45) is 0. The van der Waals surface area contributed by atoms with E-state index >= 15 is 0 Å². The molecule has 0 bridgehead atoms. The van der Waals surface area contributed by atoms with E-state index in [1.54, 1.807) is 0 Å². The first-order valence-corrected chi connectivity index (χ1v) is 15.4. The largest absolute Gasteiger partial charge is 0.455 e. The molecule has 7 aromatic carbocycles. The number of nitrogens with zero attached hydrogens (tertiary/aromatic N) is 2. The van der Waals surface area contributed by atoms with Crippen LogP contribution in [0.5, 0.6) is 0 Å². The van der Waals surface area contributed by atoms with Gasteiger partial charge in [-0.15, -0.1) is 0 Å². The van der Waals surface area contributed by atoms with Crippen LogP contribution in [-0.2, 0) is 0 Å². The number of benzene rings is 7. The Labute approximate surface area is 258 Å². The number of rotatable bonds is 3. The van der Waals surface area contributed by atoms with Gasteiger partial charge in [0, 0.05) is 49.1 Å². The first-order chi connectivity index (χ1) is 22.3. The van der Waals surface area contributed by atoms with Crippen LogP contribution in [0.4, 0.5) is 0 Å². The van der Waals surface area contributed by atoms with Gasteiger partial charge in [-0.05, 0) is 48.5 Å². The second-order valence-corrected chi connectivity index (χ2v) is 11.7. The van der Waals surface area contributed by atoms with Crippen molar-refractivity contribution in [1.82, 2.24) is 9.13 Å².